The average Bonchev–Trinajstić information content (AvgIpc) is 2.76. The molecule has 0 amide bonds. The molecule has 0 atom stereocenters. The first kappa shape index (κ1) is 23.6. The Morgan fingerprint density at radius 3 is 2.10 bits per heavy atom. The predicted molar refractivity (Wildman–Crippen MR) is 115 cm³/mol. The van der Waals surface area contributed by atoms with Gasteiger partial charge in [0.15, 0.2) is 11.6 Å². The van der Waals surface area contributed by atoms with Crippen molar-refractivity contribution in [3.05, 3.63) is 65.2 Å². The Balaban J connectivity index is 1.47. The molecule has 0 aromatic heterocycles. The van der Waals surface area contributed by atoms with Crippen molar-refractivity contribution in [3.63, 3.8) is 0 Å². The Hall–Kier alpha value is -2.04. The minimum atomic E-state index is -3.63. The van der Waals surface area contributed by atoms with Gasteiger partial charge in [-0.1, -0.05) is 70.4 Å². The van der Waals surface area contributed by atoms with Crippen molar-refractivity contribution in [3.8, 4) is 5.75 Å². The molecule has 0 saturated heterocycles. The van der Waals surface area contributed by atoms with Gasteiger partial charge in [0.2, 0.25) is 0 Å². The Morgan fingerprint density at radius 1 is 0.839 bits per heavy atom. The Morgan fingerprint density at radius 2 is 1.48 bits per heavy atom. The quantitative estimate of drug-likeness (QED) is 0.268. The molecule has 3 rings (SSSR count). The number of aryl methyl sites for hydroxylation is 1. The van der Waals surface area contributed by atoms with Crippen LogP contribution in [0.4, 0.5) is 17.6 Å². The normalized spacial score (nSPS) is 19.4. The van der Waals surface area contributed by atoms with E-state index in [2.05, 4.69) is 11.7 Å². The second kappa shape index (κ2) is 11.0. The lowest BCUT2D eigenvalue weighted by Crippen LogP contribution is -2.22. The molecule has 1 aliphatic rings. The summed E-state index contributed by atoms with van der Waals surface area (Å²) in [6, 6.07) is 8.47. The lowest BCUT2D eigenvalue weighted by molar-refractivity contribution is -0.185. The van der Waals surface area contributed by atoms with Crippen LogP contribution in [0.2, 0.25) is 0 Å². The standard InChI is InChI=1S/C26H32F4O/c1-2-3-4-5-19-6-8-20(9-7-19)10-11-21-12-14-22(15-13-21)26(29,30)31-23-16-17-24(27)25(28)18-23/h12-20H,2-11H2,1H3. The maximum absolute atomic E-state index is 14.4. The molecule has 5 heteroatoms. The molecule has 2 aromatic rings. The van der Waals surface area contributed by atoms with Crippen LogP contribution >= 0.6 is 0 Å². The van der Waals surface area contributed by atoms with Crippen LogP contribution in [0.1, 0.15) is 75.8 Å². The van der Waals surface area contributed by atoms with Gasteiger partial charge in [0.05, 0.1) is 5.56 Å². The summed E-state index contributed by atoms with van der Waals surface area (Å²) in [6.07, 6.45) is 8.85. The van der Waals surface area contributed by atoms with Crippen molar-refractivity contribution < 1.29 is 22.3 Å². The van der Waals surface area contributed by atoms with Gasteiger partial charge in [-0.3, -0.25) is 0 Å². The highest BCUT2D eigenvalue weighted by Crippen LogP contribution is 2.35. The van der Waals surface area contributed by atoms with Gasteiger partial charge in [-0.25, -0.2) is 8.78 Å². The Bertz CT molecular complexity index is 811. The summed E-state index contributed by atoms with van der Waals surface area (Å²) in [6.45, 7) is 2.24. The molecule has 31 heavy (non-hydrogen) atoms. The van der Waals surface area contributed by atoms with Crippen LogP contribution in [-0.4, -0.2) is 0 Å². The molecule has 170 valence electrons. The Labute approximate surface area is 182 Å². The van der Waals surface area contributed by atoms with E-state index < -0.39 is 23.5 Å². The van der Waals surface area contributed by atoms with Gasteiger partial charge in [0.25, 0.3) is 0 Å². The maximum Gasteiger partial charge on any atom is 0.426 e. The third kappa shape index (κ3) is 6.98. The van der Waals surface area contributed by atoms with E-state index in [1.165, 1.54) is 63.5 Å². The average molecular weight is 437 g/mol. The summed E-state index contributed by atoms with van der Waals surface area (Å²) in [5, 5.41) is 0. The van der Waals surface area contributed by atoms with Crippen molar-refractivity contribution in [2.75, 3.05) is 0 Å². The lowest BCUT2D eigenvalue weighted by Gasteiger charge is -2.28. The first-order valence-electron chi connectivity index (χ1n) is 11.5. The van der Waals surface area contributed by atoms with Crippen molar-refractivity contribution in [1.82, 2.24) is 0 Å². The van der Waals surface area contributed by atoms with Gasteiger partial charge in [-0.05, 0) is 54.5 Å². The smallest absolute Gasteiger partial charge is 0.426 e. The van der Waals surface area contributed by atoms with E-state index in [1.807, 2.05) is 0 Å². The highest BCUT2D eigenvalue weighted by atomic mass is 19.3. The van der Waals surface area contributed by atoms with Gasteiger partial charge in [0, 0.05) is 6.07 Å². The zero-order valence-corrected chi connectivity index (χ0v) is 18.2. The van der Waals surface area contributed by atoms with E-state index in [9.17, 15) is 17.6 Å². The summed E-state index contributed by atoms with van der Waals surface area (Å²) in [7, 11) is 0. The first-order chi connectivity index (χ1) is 14.9. The molecule has 1 nitrogen and oxygen atoms in total. The number of benzene rings is 2. The fourth-order valence-corrected chi connectivity index (χ4v) is 4.48. The molecule has 2 aromatic carbocycles. The molecule has 0 heterocycles. The highest BCUT2D eigenvalue weighted by molar-refractivity contribution is 5.28. The second-order valence-corrected chi connectivity index (χ2v) is 8.81. The monoisotopic (exact) mass is 436 g/mol. The number of unbranched alkanes of at least 4 members (excludes halogenated alkanes) is 2. The molecule has 1 aliphatic carbocycles. The van der Waals surface area contributed by atoms with E-state index >= 15 is 0 Å². The predicted octanol–water partition coefficient (Wildman–Crippen LogP) is 8.41. The molecule has 0 spiro atoms. The van der Waals surface area contributed by atoms with Crippen LogP contribution in [0, 0.1) is 23.5 Å². The van der Waals surface area contributed by atoms with E-state index in [1.54, 1.807) is 12.1 Å². The highest BCUT2D eigenvalue weighted by Gasteiger charge is 2.34. The number of alkyl halides is 2. The van der Waals surface area contributed by atoms with Crippen LogP contribution in [0.5, 0.6) is 5.75 Å². The topological polar surface area (TPSA) is 9.23 Å². The zero-order valence-electron chi connectivity index (χ0n) is 18.2. The number of halogens is 4. The van der Waals surface area contributed by atoms with Crippen molar-refractivity contribution >= 4 is 0 Å². The summed E-state index contributed by atoms with van der Waals surface area (Å²) in [4.78, 5) is 0. The molecule has 1 saturated carbocycles. The van der Waals surface area contributed by atoms with Gasteiger partial charge in [-0.2, -0.15) is 8.78 Å². The number of rotatable bonds is 10. The van der Waals surface area contributed by atoms with Crippen LogP contribution in [0.25, 0.3) is 0 Å². The second-order valence-electron chi connectivity index (χ2n) is 8.81. The summed E-state index contributed by atoms with van der Waals surface area (Å²) in [5.41, 5.74) is 0.714. The SMILES string of the molecule is CCCCCC1CCC(CCc2ccc(C(F)(F)Oc3ccc(F)c(F)c3)cc2)CC1. The molecule has 1 fully saturated rings. The minimum Gasteiger partial charge on any atom is -0.429 e. The number of hydrogen-bond acceptors (Lipinski definition) is 1. The third-order valence-electron chi connectivity index (χ3n) is 6.45. The van der Waals surface area contributed by atoms with Crippen molar-refractivity contribution in [2.45, 2.75) is 77.2 Å². The van der Waals surface area contributed by atoms with Gasteiger partial charge in [-0.15, -0.1) is 0 Å². The molecule has 0 aliphatic heterocycles. The largest absolute Gasteiger partial charge is 0.429 e. The lowest BCUT2D eigenvalue weighted by atomic mass is 9.78. The molecule has 0 radical (unpaired) electrons. The van der Waals surface area contributed by atoms with Gasteiger partial charge >= 0.3 is 6.11 Å². The zero-order chi connectivity index (χ0) is 22.3. The fraction of sp³-hybridized carbons (Fsp3) is 0.538. The van der Waals surface area contributed by atoms with Crippen LogP contribution in [-0.2, 0) is 12.5 Å². The van der Waals surface area contributed by atoms with E-state index in [-0.39, 0.29) is 5.56 Å². The summed E-state index contributed by atoms with van der Waals surface area (Å²) in [5.74, 6) is -1.14. The summed E-state index contributed by atoms with van der Waals surface area (Å²) < 4.78 is 59.6. The maximum atomic E-state index is 14.4. The third-order valence-corrected chi connectivity index (χ3v) is 6.45. The van der Waals surface area contributed by atoms with Crippen molar-refractivity contribution in [2.24, 2.45) is 11.8 Å². The Kier molecular flexibility index (Phi) is 8.39. The van der Waals surface area contributed by atoms with Gasteiger partial charge < -0.3 is 4.74 Å². The first-order valence-corrected chi connectivity index (χ1v) is 11.5. The molecule has 0 N–H and O–H groups in total. The van der Waals surface area contributed by atoms with Crippen molar-refractivity contribution in [1.29, 1.82) is 0 Å². The van der Waals surface area contributed by atoms with E-state index in [0.717, 1.165) is 42.4 Å². The fourth-order valence-electron chi connectivity index (χ4n) is 4.48. The number of hydrogen-bond donors (Lipinski definition) is 0. The van der Waals surface area contributed by atoms with Gasteiger partial charge in [0.1, 0.15) is 5.75 Å². The molecule has 0 bridgehead atoms. The van der Waals surface area contributed by atoms with Crippen LogP contribution in [0.15, 0.2) is 42.5 Å². The van der Waals surface area contributed by atoms with Crippen LogP contribution in [0.3, 0.4) is 0 Å². The molecular weight excluding hydrogens is 404 g/mol. The van der Waals surface area contributed by atoms with Crippen LogP contribution < -0.4 is 4.74 Å². The molecular formula is C26H32F4O. The minimum absolute atomic E-state index is 0.312. The van der Waals surface area contributed by atoms with E-state index in [0.29, 0.717) is 6.07 Å². The van der Waals surface area contributed by atoms with E-state index in [4.69, 9.17) is 0 Å². The number of ether oxygens (including phenoxy) is 1. The summed E-state index contributed by atoms with van der Waals surface area (Å²) >= 11 is 0. The molecule has 0 unspecified atom stereocenters.